The van der Waals surface area contributed by atoms with Gasteiger partial charge in [0.05, 0.1) is 18.5 Å². The molecule has 0 unspecified atom stereocenters. The highest BCUT2D eigenvalue weighted by Gasteiger charge is 2.21. The van der Waals surface area contributed by atoms with Crippen LogP contribution in [0.15, 0.2) is 53.3 Å². The van der Waals surface area contributed by atoms with Crippen LogP contribution in [0.4, 0.5) is 0 Å². The molecule has 0 aliphatic carbocycles. The van der Waals surface area contributed by atoms with E-state index in [9.17, 15) is 9.59 Å². The van der Waals surface area contributed by atoms with Crippen LogP contribution >= 0.6 is 11.3 Å². The van der Waals surface area contributed by atoms with E-state index in [4.69, 9.17) is 9.72 Å². The third-order valence-electron chi connectivity index (χ3n) is 5.79. The van der Waals surface area contributed by atoms with E-state index in [1.165, 1.54) is 15.9 Å². The van der Waals surface area contributed by atoms with Gasteiger partial charge in [-0.2, -0.15) is 0 Å². The normalized spacial score (nSPS) is 11.2. The maximum Gasteiger partial charge on any atom is 0.263 e. The highest BCUT2D eigenvalue weighted by atomic mass is 32.1. The minimum absolute atomic E-state index is 0.0492. The zero-order chi connectivity index (χ0) is 22.8. The minimum Gasteiger partial charge on any atom is -0.384 e. The summed E-state index contributed by atoms with van der Waals surface area (Å²) < 4.78 is 6.76. The van der Waals surface area contributed by atoms with Crippen LogP contribution in [0.1, 0.15) is 32.2 Å². The number of rotatable bonds is 7. The van der Waals surface area contributed by atoms with Gasteiger partial charge in [0.2, 0.25) is 0 Å². The first-order chi connectivity index (χ1) is 15.4. The topological polar surface area (TPSA) is 61.2 Å². The average molecular weight is 447 g/mol. The number of methoxy groups -OCH3 is 1. The average Bonchev–Trinajstić information content (AvgIpc) is 3.12. The Balaban J connectivity index is 1.87. The Morgan fingerprint density at radius 1 is 1.06 bits per heavy atom. The van der Waals surface area contributed by atoms with Gasteiger partial charge in [0, 0.05) is 29.5 Å². The lowest BCUT2D eigenvalue weighted by Gasteiger charge is -2.13. The lowest BCUT2D eigenvalue weighted by Crippen LogP contribution is -2.29. The van der Waals surface area contributed by atoms with Crippen LogP contribution in [0.3, 0.4) is 0 Å². The maximum absolute atomic E-state index is 13.7. The lowest BCUT2D eigenvalue weighted by atomic mass is 10.0. The van der Waals surface area contributed by atoms with E-state index in [0.29, 0.717) is 34.6 Å². The maximum atomic E-state index is 13.7. The predicted molar refractivity (Wildman–Crippen MR) is 130 cm³/mol. The molecule has 0 bridgehead atoms. The number of nitrogens with zero attached hydrogens (tertiary/aromatic N) is 2. The van der Waals surface area contributed by atoms with Crippen LogP contribution < -0.4 is 5.56 Å². The molecule has 0 radical (unpaired) electrons. The van der Waals surface area contributed by atoms with Gasteiger partial charge in [-0.25, -0.2) is 4.98 Å². The van der Waals surface area contributed by atoms with Crippen molar-refractivity contribution in [2.75, 3.05) is 13.7 Å². The second kappa shape index (κ2) is 9.18. The molecule has 32 heavy (non-hydrogen) atoms. The fourth-order valence-electron chi connectivity index (χ4n) is 3.89. The number of fused-ring (bicyclic) bond motifs is 1. The van der Waals surface area contributed by atoms with Gasteiger partial charge in [-0.05, 0) is 43.5 Å². The molecule has 0 fully saturated rings. The quantitative estimate of drug-likeness (QED) is 0.370. The number of hydrogen-bond acceptors (Lipinski definition) is 5. The van der Waals surface area contributed by atoms with Gasteiger partial charge in [0.1, 0.15) is 10.7 Å². The molecule has 5 nitrogen and oxygen atoms in total. The Morgan fingerprint density at radius 3 is 2.50 bits per heavy atom. The molecule has 6 heteroatoms. The third kappa shape index (κ3) is 4.16. The monoisotopic (exact) mass is 446 g/mol. The second-order valence-electron chi connectivity index (χ2n) is 7.96. The van der Waals surface area contributed by atoms with Gasteiger partial charge in [-0.1, -0.05) is 42.5 Å². The molecule has 0 amide bonds. The molecule has 2 aromatic carbocycles. The van der Waals surface area contributed by atoms with E-state index in [0.717, 1.165) is 27.1 Å². The predicted octanol–water partition coefficient (Wildman–Crippen LogP) is 5.12. The van der Waals surface area contributed by atoms with Gasteiger partial charge in [-0.15, -0.1) is 11.3 Å². The molecule has 164 valence electrons. The Hall–Kier alpha value is -3.09. The van der Waals surface area contributed by atoms with Gasteiger partial charge >= 0.3 is 0 Å². The fraction of sp³-hybridized carbons (Fsp3) is 0.269. The van der Waals surface area contributed by atoms with Crippen molar-refractivity contribution in [2.24, 2.45) is 0 Å². The molecule has 4 aromatic rings. The summed E-state index contributed by atoms with van der Waals surface area (Å²) in [6, 6.07) is 15.5. The Morgan fingerprint density at radius 2 is 1.81 bits per heavy atom. The molecule has 0 N–H and O–H groups in total. The zero-order valence-corrected chi connectivity index (χ0v) is 19.6. The number of Topliss-reactive ketones (excluding diaryl/α,β-unsaturated/α-hetero) is 1. The van der Waals surface area contributed by atoms with E-state index in [1.807, 2.05) is 69.3 Å². The van der Waals surface area contributed by atoms with Crippen molar-refractivity contribution < 1.29 is 9.53 Å². The number of ketones is 1. The highest BCUT2D eigenvalue weighted by molar-refractivity contribution is 7.19. The first kappa shape index (κ1) is 22.1. The van der Waals surface area contributed by atoms with Gasteiger partial charge in [-0.3, -0.25) is 14.2 Å². The van der Waals surface area contributed by atoms with E-state index in [2.05, 4.69) is 0 Å². The number of thiophene rings is 1. The highest BCUT2D eigenvalue weighted by Crippen LogP contribution is 2.35. The van der Waals surface area contributed by atoms with E-state index in [-0.39, 0.29) is 17.9 Å². The molecular weight excluding hydrogens is 420 g/mol. The molecule has 2 aromatic heterocycles. The van der Waals surface area contributed by atoms with Crippen LogP contribution in [0.25, 0.3) is 21.3 Å². The third-order valence-corrected chi connectivity index (χ3v) is 6.79. The van der Waals surface area contributed by atoms with Crippen LogP contribution in [0.5, 0.6) is 0 Å². The summed E-state index contributed by atoms with van der Waals surface area (Å²) in [6.45, 7) is 6.38. The number of carbonyl (C=O) groups is 1. The van der Waals surface area contributed by atoms with Crippen molar-refractivity contribution >= 4 is 27.3 Å². The minimum atomic E-state index is -0.179. The molecule has 0 aliphatic rings. The molecular formula is C26H26N2O3S. The van der Waals surface area contributed by atoms with Crippen molar-refractivity contribution in [3.63, 3.8) is 0 Å². The number of aryl methyl sites for hydroxylation is 3. The summed E-state index contributed by atoms with van der Waals surface area (Å²) >= 11 is 1.51. The first-order valence-electron chi connectivity index (χ1n) is 10.6. The standard InChI is InChI=1S/C26H26N2O3S/c1-16-10-11-20(14-17(16)2)21(29)15-28-22(12-13-31-4)27-25-24(26(28)30)23(18(3)32-25)19-8-6-5-7-9-19/h5-11,14H,12-13,15H2,1-4H3. The molecule has 0 atom stereocenters. The van der Waals surface area contributed by atoms with Crippen LogP contribution in [-0.2, 0) is 17.7 Å². The van der Waals surface area contributed by atoms with E-state index in [1.54, 1.807) is 7.11 Å². The van der Waals surface area contributed by atoms with Crippen LogP contribution in [0, 0.1) is 20.8 Å². The SMILES string of the molecule is COCCc1nc2sc(C)c(-c3ccccc3)c2c(=O)n1CC(=O)c1ccc(C)c(C)c1. The Labute approximate surface area is 191 Å². The van der Waals surface area contributed by atoms with Crippen molar-refractivity contribution in [3.8, 4) is 11.1 Å². The number of hydrogen-bond donors (Lipinski definition) is 0. The number of carbonyl (C=O) groups excluding carboxylic acids is 1. The second-order valence-corrected chi connectivity index (χ2v) is 9.17. The van der Waals surface area contributed by atoms with Crippen molar-refractivity contribution in [2.45, 2.75) is 33.7 Å². The van der Waals surface area contributed by atoms with Crippen molar-refractivity contribution in [1.29, 1.82) is 0 Å². The number of benzene rings is 2. The first-order valence-corrected chi connectivity index (χ1v) is 11.4. The van der Waals surface area contributed by atoms with E-state index < -0.39 is 0 Å². The van der Waals surface area contributed by atoms with E-state index >= 15 is 0 Å². The van der Waals surface area contributed by atoms with Crippen molar-refractivity contribution in [1.82, 2.24) is 9.55 Å². The van der Waals surface area contributed by atoms with Crippen LogP contribution in [-0.4, -0.2) is 29.1 Å². The number of aromatic nitrogens is 2. The van der Waals surface area contributed by atoms with Gasteiger partial charge < -0.3 is 4.74 Å². The summed E-state index contributed by atoms with van der Waals surface area (Å²) in [4.78, 5) is 33.4. The zero-order valence-electron chi connectivity index (χ0n) is 18.8. The molecule has 4 rings (SSSR count). The lowest BCUT2D eigenvalue weighted by molar-refractivity contribution is 0.0968. The summed E-state index contributed by atoms with van der Waals surface area (Å²) in [7, 11) is 1.62. The largest absolute Gasteiger partial charge is 0.384 e. The molecule has 2 heterocycles. The molecule has 0 saturated carbocycles. The summed E-state index contributed by atoms with van der Waals surface area (Å²) in [6.07, 6.45) is 0.458. The Bertz CT molecular complexity index is 1350. The number of ether oxygens (including phenoxy) is 1. The summed E-state index contributed by atoms with van der Waals surface area (Å²) in [5.41, 5.74) is 4.48. The molecule has 0 aliphatic heterocycles. The fourth-order valence-corrected chi connectivity index (χ4v) is 4.94. The molecule has 0 spiro atoms. The molecule has 0 saturated heterocycles. The van der Waals surface area contributed by atoms with Crippen LogP contribution in [0.2, 0.25) is 0 Å². The smallest absolute Gasteiger partial charge is 0.263 e. The summed E-state index contributed by atoms with van der Waals surface area (Å²) in [5, 5.41) is 0.577. The summed E-state index contributed by atoms with van der Waals surface area (Å²) in [5.74, 6) is 0.464. The van der Waals surface area contributed by atoms with Gasteiger partial charge in [0.25, 0.3) is 5.56 Å². The van der Waals surface area contributed by atoms with Gasteiger partial charge in [0.15, 0.2) is 5.78 Å². The van der Waals surface area contributed by atoms with Crippen molar-refractivity contribution in [3.05, 3.63) is 86.3 Å². The Kier molecular flexibility index (Phi) is 6.35.